The second-order valence-corrected chi connectivity index (χ2v) is 4.07. The van der Waals surface area contributed by atoms with E-state index in [1.807, 2.05) is 6.92 Å². The summed E-state index contributed by atoms with van der Waals surface area (Å²) in [5.74, 6) is -0.315. The zero-order chi connectivity index (χ0) is 11.7. The van der Waals surface area contributed by atoms with Gasteiger partial charge in [0.15, 0.2) is 0 Å². The average Bonchev–Trinajstić information content (AvgIpc) is 2.23. The fourth-order valence-corrected chi connectivity index (χ4v) is 1.50. The minimum Gasteiger partial charge on any atom is -0.465 e. The zero-order valence-corrected chi connectivity index (χ0v) is 10.0. The summed E-state index contributed by atoms with van der Waals surface area (Å²) in [6, 6.07) is 0. The predicted molar refractivity (Wildman–Crippen MR) is 59.6 cm³/mol. The Kier molecular flexibility index (Phi) is 7.01. The van der Waals surface area contributed by atoms with Crippen molar-refractivity contribution in [3.8, 4) is 0 Å². The molecule has 0 rings (SSSR count). The lowest BCUT2D eigenvalue weighted by atomic mass is 9.82. The molecule has 0 spiro atoms. The highest BCUT2D eigenvalue weighted by atomic mass is 16.5. The van der Waals surface area contributed by atoms with Crippen molar-refractivity contribution in [2.45, 2.75) is 52.9 Å². The SMILES string of the molecule is CCCCCC(C=O)(CC)COC(C)=O. The van der Waals surface area contributed by atoms with Crippen molar-refractivity contribution in [1.82, 2.24) is 0 Å². The molecule has 0 aliphatic heterocycles. The molecule has 3 nitrogen and oxygen atoms in total. The summed E-state index contributed by atoms with van der Waals surface area (Å²) < 4.78 is 4.95. The van der Waals surface area contributed by atoms with E-state index in [2.05, 4.69) is 6.92 Å². The molecule has 0 heterocycles. The Morgan fingerprint density at radius 1 is 1.33 bits per heavy atom. The predicted octanol–water partition coefficient (Wildman–Crippen LogP) is 2.73. The maximum absolute atomic E-state index is 11.1. The summed E-state index contributed by atoms with van der Waals surface area (Å²) in [6.07, 6.45) is 5.76. The molecule has 1 unspecified atom stereocenters. The molecule has 0 aliphatic rings. The van der Waals surface area contributed by atoms with Crippen molar-refractivity contribution in [1.29, 1.82) is 0 Å². The highest BCUT2D eigenvalue weighted by molar-refractivity contribution is 5.67. The Morgan fingerprint density at radius 3 is 2.40 bits per heavy atom. The third-order valence-electron chi connectivity index (χ3n) is 2.80. The second kappa shape index (κ2) is 7.43. The molecule has 0 saturated carbocycles. The molecule has 0 amide bonds. The molecule has 15 heavy (non-hydrogen) atoms. The summed E-state index contributed by atoms with van der Waals surface area (Å²) in [4.78, 5) is 21.8. The minimum atomic E-state index is -0.458. The first-order valence-electron chi connectivity index (χ1n) is 5.70. The summed E-state index contributed by atoms with van der Waals surface area (Å²) in [6.45, 7) is 5.69. The van der Waals surface area contributed by atoms with Gasteiger partial charge in [-0.1, -0.05) is 33.1 Å². The van der Waals surface area contributed by atoms with E-state index in [4.69, 9.17) is 4.74 Å². The molecule has 0 aromatic rings. The number of esters is 1. The topological polar surface area (TPSA) is 43.4 Å². The van der Waals surface area contributed by atoms with Gasteiger partial charge in [-0.25, -0.2) is 0 Å². The second-order valence-electron chi connectivity index (χ2n) is 4.07. The van der Waals surface area contributed by atoms with Crippen molar-refractivity contribution in [3.63, 3.8) is 0 Å². The maximum atomic E-state index is 11.1. The van der Waals surface area contributed by atoms with Crippen LogP contribution in [0.3, 0.4) is 0 Å². The number of rotatable bonds is 8. The lowest BCUT2D eigenvalue weighted by molar-refractivity contribution is -0.146. The van der Waals surface area contributed by atoms with Crippen LogP contribution in [0.15, 0.2) is 0 Å². The molecule has 0 aromatic carbocycles. The summed E-state index contributed by atoms with van der Waals surface area (Å²) in [5, 5.41) is 0. The van der Waals surface area contributed by atoms with E-state index in [1.54, 1.807) is 0 Å². The van der Waals surface area contributed by atoms with Crippen molar-refractivity contribution >= 4 is 12.3 Å². The van der Waals surface area contributed by atoms with Gasteiger partial charge in [0.05, 0.1) is 5.41 Å². The standard InChI is InChI=1S/C12H22O3/c1-4-6-7-8-12(5-2,9-13)10-15-11(3)14/h9H,4-8,10H2,1-3H3. The van der Waals surface area contributed by atoms with E-state index >= 15 is 0 Å². The molecule has 0 radical (unpaired) electrons. The fraction of sp³-hybridized carbons (Fsp3) is 0.833. The molecule has 0 saturated heterocycles. The largest absolute Gasteiger partial charge is 0.465 e. The first-order chi connectivity index (χ1) is 7.10. The Hall–Kier alpha value is -0.860. The number of hydrogen-bond acceptors (Lipinski definition) is 3. The first-order valence-corrected chi connectivity index (χ1v) is 5.70. The zero-order valence-electron chi connectivity index (χ0n) is 10.0. The molecule has 0 fully saturated rings. The Balaban J connectivity index is 4.16. The van der Waals surface area contributed by atoms with Crippen LogP contribution in [-0.4, -0.2) is 18.9 Å². The van der Waals surface area contributed by atoms with Crippen molar-refractivity contribution in [3.05, 3.63) is 0 Å². The smallest absolute Gasteiger partial charge is 0.302 e. The highest BCUT2D eigenvalue weighted by Gasteiger charge is 2.28. The van der Waals surface area contributed by atoms with Crippen LogP contribution in [-0.2, 0) is 14.3 Å². The van der Waals surface area contributed by atoms with Crippen LogP contribution in [0, 0.1) is 5.41 Å². The molecule has 0 aliphatic carbocycles. The summed E-state index contributed by atoms with van der Waals surface area (Å²) in [5.41, 5.74) is -0.458. The van der Waals surface area contributed by atoms with Gasteiger partial charge in [-0.05, 0) is 12.8 Å². The minimum absolute atomic E-state index is 0.228. The van der Waals surface area contributed by atoms with Crippen molar-refractivity contribution in [2.75, 3.05) is 6.61 Å². The third-order valence-corrected chi connectivity index (χ3v) is 2.80. The summed E-state index contributed by atoms with van der Waals surface area (Å²) in [7, 11) is 0. The third kappa shape index (κ3) is 5.55. The first kappa shape index (κ1) is 14.1. The monoisotopic (exact) mass is 214 g/mol. The maximum Gasteiger partial charge on any atom is 0.302 e. The lowest BCUT2D eigenvalue weighted by Crippen LogP contribution is -2.29. The Morgan fingerprint density at radius 2 is 2.00 bits per heavy atom. The van der Waals surface area contributed by atoms with E-state index < -0.39 is 5.41 Å². The van der Waals surface area contributed by atoms with E-state index in [9.17, 15) is 9.59 Å². The molecule has 0 aromatic heterocycles. The molecule has 3 heteroatoms. The van der Waals surface area contributed by atoms with Crippen molar-refractivity contribution < 1.29 is 14.3 Å². The molecular formula is C12H22O3. The quantitative estimate of drug-likeness (QED) is 0.354. The van der Waals surface area contributed by atoms with Gasteiger partial charge in [0.25, 0.3) is 0 Å². The lowest BCUT2D eigenvalue weighted by Gasteiger charge is -2.25. The van der Waals surface area contributed by atoms with Crippen LogP contribution >= 0.6 is 0 Å². The van der Waals surface area contributed by atoms with Gasteiger partial charge in [-0.15, -0.1) is 0 Å². The Labute approximate surface area is 92.2 Å². The van der Waals surface area contributed by atoms with Gasteiger partial charge in [0, 0.05) is 6.92 Å². The van der Waals surface area contributed by atoms with Crippen LogP contribution < -0.4 is 0 Å². The number of hydrogen-bond donors (Lipinski definition) is 0. The van der Waals surface area contributed by atoms with Crippen LogP contribution in [0.25, 0.3) is 0 Å². The van der Waals surface area contributed by atoms with Gasteiger partial charge >= 0.3 is 5.97 Å². The molecular weight excluding hydrogens is 192 g/mol. The average molecular weight is 214 g/mol. The normalized spacial score (nSPS) is 14.3. The molecule has 1 atom stereocenters. The number of unbranched alkanes of at least 4 members (excludes halogenated alkanes) is 2. The van der Waals surface area contributed by atoms with Gasteiger partial charge in [0.2, 0.25) is 0 Å². The van der Waals surface area contributed by atoms with Crippen LogP contribution in [0.2, 0.25) is 0 Å². The van der Waals surface area contributed by atoms with E-state index in [1.165, 1.54) is 6.92 Å². The van der Waals surface area contributed by atoms with E-state index in [0.29, 0.717) is 0 Å². The Bertz CT molecular complexity index is 201. The molecule has 0 N–H and O–H groups in total. The molecule has 0 bridgehead atoms. The van der Waals surface area contributed by atoms with Crippen molar-refractivity contribution in [2.24, 2.45) is 5.41 Å². The van der Waals surface area contributed by atoms with Crippen LogP contribution in [0.5, 0.6) is 0 Å². The number of carbonyl (C=O) groups excluding carboxylic acids is 2. The van der Waals surface area contributed by atoms with Gasteiger partial charge in [-0.3, -0.25) is 4.79 Å². The highest BCUT2D eigenvalue weighted by Crippen LogP contribution is 2.27. The van der Waals surface area contributed by atoms with E-state index in [-0.39, 0.29) is 12.6 Å². The molecule has 88 valence electrons. The van der Waals surface area contributed by atoms with Gasteiger partial charge in [-0.2, -0.15) is 0 Å². The number of ether oxygens (including phenoxy) is 1. The number of carbonyl (C=O) groups is 2. The van der Waals surface area contributed by atoms with Gasteiger partial charge < -0.3 is 9.53 Å². The van der Waals surface area contributed by atoms with Crippen LogP contribution in [0.4, 0.5) is 0 Å². The fourth-order valence-electron chi connectivity index (χ4n) is 1.50. The summed E-state index contributed by atoms with van der Waals surface area (Å²) >= 11 is 0. The van der Waals surface area contributed by atoms with Crippen LogP contribution in [0.1, 0.15) is 52.9 Å². The van der Waals surface area contributed by atoms with E-state index in [0.717, 1.165) is 38.4 Å². The number of aldehydes is 1. The van der Waals surface area contributed by atoms with Gasteiger partial charge in [0.1, 0.15) is 12.9 Å².